The summed E-state index contributed by atoms with van der Waals surface area (Å²) in [4.78, 5) is 11.3. The van der Waals surface area contributed by atoms with Crippen molar-refractivity contribution in [1.29, 1.82) is 0 Å². The molecular formula is C9H5BrClFN4. The molecule has 82 valence electrons. The van der Waals surface area contributed by atoms with Crippen LogP contribution in [0.4, 0.5) is 10.3 Å². The maximum atomic E-state index is 13.3. The van der Waals surface area contributed by atoms with Gasteiger partial charge in [0.05, 0.1) is 4.47 Å². The van der Waals surface area contributed by atoms with E-state index >= 15 is 0 Å². The first-order valence-corrected chi connectivity index (χ1v) is 5.36. The van der Waals surface area contributed by atoms with E-state index in [1.807, 2.05) is 0 Å². The molecule has 0 saturated heterocycles. The normalized spacial score (nSPS) is 10.4. The zero-order chi connectivity index (χ0) is 11.7. The van der Waals surface area contributed by atoms with Gasteiger partial charge in [0.1, 0.15) is 5.82 Å². The Morgan fingerprint density at radius 1 is 1.25 bits per heavy atom. The van der Waals surface area contributed by atoms with Crippen molar-refractivity contribution in [2.24, 2.45) is 0 Å². The summed E-state index contributed by atoms with van der Waals surface area (Å²) in [6.07, 6.45) is 0. The second-order valence-electron chi connectivity index (χ2n) is 2.92. The van der Waals surface area contributed by atoms with Gasteiger partial charge in [0.2, 0.25) is 11.2 Å². The maximum Gasteiger partial charge on any atom is 0.227 e. The Balaban J connectivity index is 2.54. The van der Waals surface area contributed by atoms with Gasteiger partial charge in [0, 0.05) is 5.56 Å². The third-order valence-corrected chi connectivity index (χ3v) is 2.62. The summed E-state index contributed by atoms with van der Waals surface area (Å²) in [7, 11) is 0. The molecule has 0 radical (unpaired) electrons. The molecule has 1 aromatic heterocycles. The van der Waals surface area contributed by atoms with Crippen LogP contribution in [0.15, 0.2) is 22.7 Å². The van der Waals surface area contributed by atoms with Crippen LogP contribution in [0.1, 0.15) is 0 Å². The number of nitrogens with zero attached hydrogens (tertiary/aromatic N) is 3. The molecule has 0 aliphatic carbocycles. The Labute approximate surface area is 104 Å². The maximum absolute atomic E-state index is 13.3. The fourth-order valence-electron chi connectivity index (χ4n) is 1.13. The van der Waals surface area contributed by atoms with Gasteiger partial charge in [-0.15, -0.1) is 0 Å². The van der Waals surface area contributed by atoms with Gasteiger partial charge in [-0.1, -0.05) is 0 Å². The summed E-state index contributed by atoms with van der Waals surface area (Å²) in [6, 6.07) is 4.49. The van der Waals surface area contributed by atoms with E-state index in [1.54, 1.807) is 12.1 Å². The Morgan fingerprint density at radius 3 is 2.62 bits per heavy atom. The van der Waals surface area contributed by atoms with Crippen LogP contribution in [0.25, 0.3) is 11.4 Å². The third-order valence-electron chi connectivity index (χ3n) is 1.80. The monoisotopic (exact) mass is 302 g/mol. The first-order valence-electron chi connectivity index (χ1n) is 4.19. The van der Waals surface area contributed by atoms with Crippen LogP contribution in [0.5, 0.6) is 0 Å². The zero-order valence-corrected chi connectivity index (χ0v) is 10.1. The Hall–Kier alpha value is -1.27. The number of aromatic nitrogens is 3. The highest BCUT2D eigenvalue weighted by Crippen LogP contribution is 2.22. The SMILES string of the molecule is Nc1nc(Cl)nc(-c2ccc(Br)c(F)c2)n1. The smallest absolute Gasteiger partial charge is 0.227 e. The molecule has 0 atom stereocenters. The highest BCUT2D eigenvalue weighted by molar-refractivity contribution is 9.10. The molecule has 0 fully saturated rings. The zero-order valence-electron chi connectivity index (χ0n) is 7.78. The fourth-order valence-corrected chi connectivity index (χ4v) is 1.54. The van der Waals surface area contributed by atoms with Crippen LogP contribution < -0.4 is 5.73 Å². The van der Waals surface area contributed by atoms with Crippen molar-refractivity contribution in [1.82, 2.24) is 15.0 Å². The summed E-state index contributed by atoms with van der Waals surface area (Å²) in [5.74, 6) is -0.171. The molecule has 0 amide bonds. The molecule has 1 aromatic carbocycles. The van der Waals surface area contributed by atoms with E-state index < -0.39 is 5.82 Å². The lowest BCUT2D eigenvalue weighted by atomic mass is 10.2. The van der Waals surface area contributed by atoms with E-state index in [1.165, 1.54) is 6.07 Å². The molecule has 2 aromatic rings. The van der Waals surface area contributed by atoms with Crippen molar-refractivity contribution < 1.29 is 4.39 Å². The van der Waals surface area contributed by atoms with Crippen LogP contribution in [-0.4, -0.2) is 15.0 Å². The van der Waals surface area contributed by atoms with Crippen molar-refractivity contribution in [2.75, 3.05) is 5.73 Å². The van der Waals surface area contributed by atoms with E-state index in [0.29, 0.717) is 10.0 Å². The predicted molar refractivity (Wildman–Crippen MR) is 62.3 cm³/mol. The topological polar surface area (TPSA) is 64.7 Å². The van der Waals surface area contributed by atoms with Gasteiger partial charge in [-0.25, -0.2) is 4.39 Å². The minimum Gasteiger partial charge on any atom is -0.368 e. The molecule has 0 unspecified atom stereocenters. The molecule has 16 heavy (non-hydrogen) atoms. The highest BCUT2D eigenvalue weighted by atomic mass is 79.9. The van der Waals surface area contributed by atoms with Crippen molar-refractivity contribution in [3.8, 4) is 11.4 Å². The van der Waals surface area contributed by atoms with Crippen LogP contribution in [-0.2, 0) is 0 Å². The lowest BCUT2D eigenvalue weighted by molar-refractivity contribution is 0.621. The lowest BCUT2D eigenvalue weighted by Gasteiger charge is -2.02. The Morgan fingerprint density at radius 2 is 2.00 bits per heavy atom. The third kappa shape index (κ3) is 2.28. The van der Waals surface area contributed by atoms with Crippen LogP contribution in [0, 0.1) is 5.82 Å². The molecular weight excluding hydrogens is 298 g/mol. The summed E-state index contributed by atoms with van der Waals surface area (Å²) < 4.78 is 13.6. The number of anilines is 1. The van der Waals surface area contributed by atoms with Gasteiger partial charge in [-0.05, 0) is 45.7 Å². The number of rotatable bonds is 1. The van der Waals surface area contributed by atoms with Crippen LogP contribution >= 0.6 is 27.5 Å². The summed E-state index contributed by atoms with van der Waals surface area (Å²) in [5.41, 5.74) is 5.90. The molecule has 0 bridgehead atoms. The average molecular weight is 304 g/mol. The average Bonchev–Trinajstić information content (AvgIpc) is 2.20. The van der Waals surface area contributed by atoms with E-state index in [-0.39, 0.29) is 17.1 Å². The summed E-state index contributed by atoms with van der Waals surface area (Å²) >= 11 is 8.68. The Bertz CT molecular complexity index is 529. The second-order valence-corrected chi connectivity index (χ2v) is 4.11. The van der Waals surface area contributed by atoms with Crippen LogP contribution in [0.2, 0.25) is 5.28 Å². The first-order chi connectivity index (χ1) is 7.56. The van der Waals surface area contributed by atoms with E-state index in [0.717, 1.165) is 0 Å². The summed E-state index contributed by atoms with van der Waals surface area (Å²) in [6.45, 7) is 0. The summed E-state index contributed by atoms with van der Waals surface area (Å²) in [5, 5.41) is -0.0224. The van der Waals surface area contributed by atoms with E-state index in [4.69, 9.17) is 17.3 Å². The predicted octanol–water partition coefficient (Wildman–Crippen LogP) is 2.68. The minimum absolute atomic E-state index is 0.00155. The Kier molecular flexibility index (Phi) is 3.02. The minimum atomic E-state index is -0.410. The molecule has 7 heteroatoms. The number of hydrogen-bond acceptors (Lipinski definition) is 4. The fraction of sp³-hybridized carbons (Fsp3) is 0. The molecule has 0 saturated carbocycles. The molecule has 0 aliphatic rings. The molecule has 2 N–H and O–H groups in total. The van der Waals surface area contributed by atoms with Gasteiger partial charge in [0.25, 0.3) is 0 Å². The molecule has 0 aliphatic heterocycles. The quantitative estimate of drug-likeness (QED) is 0.879. The van der Waals surface area contributed by atoms with Gasteiger partial charge in [-0.3, -0.25) is 0 Å². The standard InChI is InChI=1S/C9H5BrClFN4/c10-5-2-1-4(3-6(5)12)7-14-8(11)16-9(13)15-7/h1-3H,(H2,13,14,15,16). The highest BCUT2D eigenvalue weighted by Gasteiger charge is 2.08. The second kappa shape index (κ2) is 4.31. The number of benzene rings is 1. The van der Waals surface area contributed by atoms with Crippen molar-refractivity contribution >= 4 is 33.5 Å². The van der Waals surface area contributed by atoms with Crippen LogP contribution in [0.3, 0.4) is 0 Å². The van der Waals surface area contributed by atoms with E-state index in [2.05, 4.69) is 30.9 Å². The van der Waals surface area contributed by atoms with E-state index in [9.17, 15) is 4.39 Å². The lowest BCUT2D eigenvalue weighted by Crippen LogP contribution is -2.00. The first kappa shape index (κ1) is 11.2. The number of nitrogen functional groups attached to an aromatic ring is 1. The van der Waals surface area contributed by atoms with Gasteiger partial charge < -0.3 is 5.73 Å². The van der Waals surface area contributed by atoms with Crippen molar-refractivity contribution in [3.05, 3.63) is 33.8 Å². The number of nitrogens with two attached hydrogens (primary N) is 1. The number of hydrogen-bond donors (Lipinski definition) is 1. The largest absolute Gasteiger partial charge is 0.368 e. The molecule has 4 nitrogen and oxygen atoms in total. The molecule has 0 spiro atoms. The van der Waals surface area contributed by atoms with Gasteiger partial charge in [0.15, 0.2) is 5.82 Å². The number of halogens is 3. The van der Waals surface area contributed by atoms with Crippen molar-refractivity contribution in [2.45, 2.75) is 0 Å². The van der Waals surface area contributed by atoms with Gasteiger partial charge >= 0.3 is 0 Å². The van der Waals surface area contributed by atoms with Gasteiger partial charge in [-0.2, -0.15) is 15.0 Å². The molecule has 2 rings (SSSR count). The van der Waals surface area contributed by atoms with Crippen molar-refractivity contribution in [3.63, 3.8) is 0 Å². The molecule has 1 heterocycles.